The maximum Gasteiger partial charge on any atom is 0.472 e. The second kappa shape index (κ2) is 38.5. The predicted octanol–water partition coefficient (Wildman–Crippen LogP) is 9.18. The summed E-state index contributed by atoms with van der Waals surface area (Å²) in [5, 5.41) is 31.9. The molecule has 19 nitrogen and oxygen atoms in total. The zero-order valence-electron chi connectivity index (χ0n) is 40.6. The minimum absolute atomic E-state index is 0.00300. The average Bonchev–Trinajstić information content (AvgIpc) is 3.28. The monoisotopic (exact) mass is 1040 g/mol. The van der Waals surface area contributed by atoms with E-state index in [9.17, 15) is 63.1 Å². The molecule has 0 bridgehead atoms. The molecule has 1 fully saturated rings. The van der Waals surface area contributed by atoms with E-state index in [4.69, 9.17) is 18.5 Å². The molecule has 5 unspecified atom stereocenters. The Hall–Kier alpha value is -2.15. The summed E-state index contributed by atoms with van der Waals surface area (Å²) < 4.78 is 65.4. The van der Waals surface area contributed by atoms with Gasteiger partial charge in [-0.15, -0.1) is 0 Å². The number of rotatable bonds is 41. The van der Waals surface area contributed by atoms with E-state index in [0.717, 1.165) is 64.2 Å². The van der Waals surface area contributed by atoms with Crippen LogP contribution in [0.2, 0.25) is 0 Å². The van der Waals surface area contributed by atoms with Crippen molar-refractivity contribution < 1.29 is 90.6 Å². The summed E-state index contributed by atoms with van der Waals surface area (Å²) in [6, 6.07) is 0. The summed E-state index contributed by atoms with van der Waals surface area (Å²) in [6.45, 7) is 2.86. The Morgan fingerprint density at radius 1 is 0.464 bits per heavy atom. The molecule has 22 heteroatoms. The van der Waals surface area contributed by atoms with Gasteiger partial charge >= 0.3 is 35.4 Å². The number of esters is 2. The minimum atomic E-state index is -5.61. The Bertz CT molecular complexity index is 1670. The molecule has 69 heavy (non-hydrogen) atoms. The molecule has 0 radical (unpaired) electrons. The van der Waals surface area contributed by atoms with E-state index in [1.807, 2.05) is 12.2 Å². The molecule has 400 valence electrons. The Morgan fingerprint density at radius 3 is 1.36 bits per heavy atom. The minimum Gasteiger partial charge on any atom is -0.462 e. The van der Waals surface area contributed by atoms with Crippen LogP contribution in [0.15, 0.2) is 60.8 Å². The van der Waals surface area contributed by atoms with Crippen molar-refractivity contribution in [3.05, 3.63) is 60.8 Å². The number of allylic oxidation sites excluding steroid dienone is 10. The smallest absolute Gasteiger partial charge is 0.462 e. The number of phosphoric ester groups is 3. The number of carbonyl (C=O) groups excluding carboxylic acids is 2. The molecule has 1 aliphatic carbocycles. The number of unbranched alkanes of at least 4 members (excludes halogenated alkanes) is 15. The first-order chi connectivity index (χ1) is 32.8. The highest BCUT2D eigenvalue weighted by Gasteiger charge is 2.56. The van der Waals surface area contributed by atoms with Crippen molar-refractivity contribution in [2.75, 3.05) is 13.2 Å². The van der Waals surface area contributed by atoms with Crippen molar-refractivity contribution in [1.29, 1.82) is 0 Å². The molecule has 0 saturated heterocycles. The van der Waals surface area contributed by atoms with Gasteiger partial charge in [-0.1, -0.05) is 139 Å². The average molecular weight is 1050 g/mol. The Morgan fingerprint density at radius 2 is 0.855 bits per heavy atom. The van der Waals surface area contributed by atoms with Crippen LogP contribution in [0.25, 0.3) is 0 Å². The van der Waals surface area contributed by atoms with Crippen molar-refractivity contribution in [1.82, 2.24) is 0 Å². The number of aliphatic hydroxyl groups excluding tert-OH is 3. The van der Waals surface area contributed by atoms with E-state index in [0.29, 0.717) is 19.3 Å². The molecule has 0 aliphatic heterocycles. The zero-order valence-corrected chi connectivity index (χ0v) is 43.3. The molecule has 0 heterocycles. The molecule has 1 aliphatic rings. The molecular formula is C47H83O19P3. The van der Waals surface area contributed by atoms with Crippen LogP contribution in [0.1, 0.15) is 168 Å². The first kappa shape index (κ1) is 64.9. The lowest BCUT2D eigenvalue weighted by molar-refractivity contribution is -0.213. The van der Waals surface area contributed by atoms with E-state index in [1.54, 1.807) is 0 Å². The van der Waals surface area contributed by atoms with Crippen LogP contribution in [-0.4, -0.2) is 108 Å². The van der Waals surface area contributed by atoms with Crippen molar-refractivity contribution in [3.8, 4) is 0 Å². The van der Waals surface area contributed by atoms with Crippen LogP contribution < -0.4 is 0 Å². The van der Waals surface area contributed by atoms with Gasteiger partial charge in [0.2, 0.25) is 0 Å². The molecule has 8 N–H and O–H groups in total. The lowest BCUT2D eigenvalue weighted by atomic mass is 9.85. The summed E-state index contributed by atoms with van der Waals surface area (Å²) >= 11 is 0. The first-order valence-electron chi connectivity index (χ1n) is 24.6. The maximum atomic E-state index is 13.1. The standard InChI is InChI=1S/C47H83O19P3/c1-3-5-7-9-11-13-15-17-19-20-22-23-25-27-29-31-33-35-40(48)61-37-39(63-41(49)36-34-32-30-28-26-24-21-18-16-14-12-10-8-6-4-2)38-62-69(59,60)66-45-42(50)43(51)46(64-67(53,54)55)47(44(45)52)65-68(56,57)58/h12,14,17-19,21-23,27,29,39,42-47,50-52H,3-11,13,15-16,20,24-26,28,30-38H2,1-2H3,(H,59,60)(H2,53,54,55)(H2,56,57,58)/b14-12-,19-17-,21-18-,23-22-,29-27-/t39-,42?,43?,44?,45+,46?,47+/m1/s1. The Labute approximate surface area is 409 Å². The largest absolute Gasteiger partial charge is 0.472 e. The third kappa shape index (κ3) is 34.8. The SMILES string of the molecule is CCCCC/C=C\C/C=C\CCCCCCCC(=O)O[C@H](COC(=O)CCC/C=C\C/C=C\C/C=C\CCCCCCCC)COP(=O)(O)O[C@H]1C(O)C(O)C(OP(=O)(O)O)[C@@H](OP(=O)(O)O)C1O. The highest BCUT2D eigenvalue weighted by atomic mass is 31.2. The molecule has 0 spiro atoms. The number of ether oxygens (including phenoxy) is 2. The fourth-order valence-corrected chi connectivity index (χ4v) is 9.19. The van der Waals surface area contributed by atoms with Crippen molar-refractivity contribution in [2.24, 2.45) is 0 Å². The summed E-state index contributed by atoms with van der Waals surface area (Å²) in [4.78, 5) is 73.2. The van der Waals surface area contributed by atoms with Gasteiger partial charge in [0.1, 0.15) is 43.2 Å². The highest BCUT2D eigenvalue weighted by Crippen LogP contribution is 2.51. The van der Waals surface area contributed by atoms with Gasteiger partial charge in [-0.2, -0.15) is 0 Å². The van der Waals surface area contributed by atoms with Crippen molar-refractivity contribution in [3.63, 3.8) is 0 Å². The maximum absolute atomic E-state index is 13.1. The van der Waals surface area contributed by atoms with Gasteiger partial charge in [0.05, 0.1) is 6.61 Å². The van der Waals surface area contributed by atoms with Gasteiger partial charge in [0.25, 0.3) is 0 Å². The summed E-state index contributed by atoms with van der Waals surface area (Å²) in [5.41, 5.74) is 0. The van der Waals surface area contributed by atoms with E-state index < -0.39 is 91.3 Å². The number of carbonyl (C=O) groups is 2. The van der Waals surface area contributed by atoms with Crippen LogP contribution >= 0.6 is 23.5 Å². The highest BCUT2D eigenvalue weighted by molar-refractivity contribution is 7.47. The van der Waals surface area contributed by atoms with E-state index in [2.05, 4.69) is 71.5 Å². The van der Waals surface area contributed by atoms with E-state index in [1.165, 1.54) is 57.8 Å². The van der Waals surface area contributed by atoms with Crippen LogP contribution in [0.5, 0.6) is 0 Å². The normalized spacial score (nSPS) is 21.8. The van der Waals surface area contributed by atoms with Crippen LogP contribution in [-0.2, 0) is 50.9 Å². The number of aliphatic hydroxyl groups is 3. The first-order valence-corrected chi connectivity index (χ1v) is 29.1. The van der Waals surface area contributed by atoms with Gasteiger partial charge in [-0.25, -0.2) is 13.7 Å². The lowest BCUT2D eigenvalue weighted by Crippen LogP contribution is -2.65. The molecule has 0 aromatic rings. The Kier molecular flexibility index (Phi) is 36.2. The topological polar surface area (TPSA) is 303 Å². The van der Waals surface area contributed by atoms with Gasteiger partial charge < -0.3 is 49.3 Å². The third-order valence-corrected chi connectivity index (χ3v) is 12.8. The fourth-order valence-electron chi connectivity index (χ4n) is 7.10. The molecule has 8 atom stereocenters. The van der Waals surface area contributed by atoms with Gasteiger partial charge in [-0.3, -0.25) is 27.7 Å². The molecule has 1 saturated carbocycles. The summed E-state index contributed by atoms with van der Waals surface area (Å²) in [6.07, 6.45) is 26.7. The molecular weight excluding hydrogens is 961 g/mol. The zero-order chi connectivity index (χ0) is 51.4. The second-order valence-corrected chi connectivity index (χ2v) is 20.8. The summed E-state index contributed by atoms with van der Waals surface area (Å²) in [7, 11) is -16.6. The molecule has 0 aromatic heterocycles. The van der Waals surface area contributed by atoms with Gasteiger partial charge in [0, 0.05) is 12.8 Å². The second-order valence-electron chi connectivity index (χ2n) is 17.0. The van der Waals surface area contributed by atoms with E-state index >= 15 is 0 Å². The van der Waals surface area contributed by atoms with Crippen LogP contribution in [0.4, 0.5) is 0 Å². The van der Waals surface area contributed by atoms with Gasteiger partial charge in [-0.05, 0) is 77.0 Å². The van der Waals surface area contributed by atoms with Gasteiger partial charge in [0.15, 0.2) is 6.10 Å². The Balaban J connectivity index is 2.76. The summed E-state index contributed by atoms with van der Waals surface area (Å²) in [5.74, 6) is -1.38. The molecule has 0 aromatic carbocycles. The van der Waals surface area contributed by atoms with Crippen LogP contribution in [0, 0.1) is 0 Å². The molecule has 1 rings (SSSR count). The van der Waals surface area contributed by atoms with E-state index in [-0.39, 0.29) is 12.8 Å². The van der Waals surface area contributed by atoms with Crippen LogP contribution in [0.3, 0.4) is 0 Å². The molecule has 0 amide bonds. The quantitative estimate of drug-likeness (QED) is 0.0122. The van der Waals surface area contributed by atoms with Crippen molar-refractivity contribution in [2.45, 2.75) is 211 Å². The number of hydrogen-bond donors (Lipinski definition) is 8. The third-order valence-electron chi connectivity index (χ3n) is 10.8. The lowest BCUT2D eigenvalue weighted by Gasteiger charge is -2.44. The predicted molar refractivity (Wildman–Crippen MR) is 261 cm³/mol. The number of hydrogen-bond acceptors (Lipinski definition) is 14. The van der Waals surface area contributed by atoms with Crippen molar-refractivity contribution >= 4 is 35.4 Å². The number of phosphoric acid groups is 3. The fraction of sp³-hybridized carbons (Fsp3) is 0.745.